The Bertz CT molecular complexity index is 441. The lowest BCUT2D eigenvalue weighted by Gasteiger charge is -2.01. The largest absolute Gasteiger partial charge is 0.336 e. The van der Waals surface area contributed by atoms with E-state index in [0.29, 0.717) is 6.54 Å². The van der Waals surface area contributed by atoms with E-state index in [1.807, 2.05) is 30.9 Å². The van der Waals surface area contributed by atoms with Gasteiger partial charge in [0.25, 0.3) is 0 Å². The van der Waals surface area contributed by atoms with E-state index in [-0.39, 0.29) is 6.04 Å². The van der Waals surface area contributed by atoms with E-state index in [1.54, 1.807) is 11.0 Å². The summed E-state index contributed by atoms with van der Waals surface area (Å²) < 4.78 is 3.71. The summed E-state index contributed by atoms with van der Waals surface area (Å²) in [4.78, 5) is 4.04. The smallest absolute Gasteiger partial charge is 0.0991 e. The van der Waals surface area contributed by atoms with Gasteiger partial charge in [-0.3, -0.25) is 0 Å². The van der Waals surface area contributed by atoms with E-state index in [9.17, 15) is 0 Å². The van der Waals surface area contributed by atoms with Gasteiger partial charge in [0.2, 0.25) is 0 Å². The number of hydrogen-bond acceptors (Lipinski definition) is 4. The minimum Gasteiger partial charge on any atom is -0.336 e. The lowest BCUT2D eigenvalue weighted by Crippen LogP contribution is -2.06. The van der Waals surface area contributed by atoms with Crippen molar-refractivity contribution >= 4 is 0 Å². The van der Waals surface area contributed by atoms with Crippen LogP contribution in [0.5, 0.6) is 0 Å². The van der Waals surface area contributed by atoms with Gasteiger partial charge in [0, 0.05) is 13.1 Å². The molecule has 0 saturated carbocycles. The van der Waals surface area contributed by atoms with Gasteiger partial charge in [-0.1, -0.05) is 5.21 Å². The monoisotopic (exact) mass is 206 g/mol. The topological polar surface area (TPSA) is 74.6 Å². The Morgan fingerprint density at radius 1 is 1.53 bits per heavy atom. The molecule has 0 saturated heterocycles. The Hall–Kier alpha value is -1.69. The van der Waals surface area contributed by atoms with Crippen LogP contribution in [0.25, 0.3) is 0 Å². The third-order valence-corrected chi connectivity index (χ3v) is 2.26. The van der Waals surface area contributed by atoms with Crippen LogP contribution < -0.4 is 5.73 Å². The molecule has 2 rings (SSSR count). The molecule has 0 amide bonds. The molecule has 0 radical (unpaired) electrons. The number of aromatic nitrogens is 5. The second-order valence-corrected chi connectivity index (χ2v) is 3.63. The highest BCUT2D eigenvalue weighted by molar-refractivity contribution is 5.02. The zero-order valence-corrected chi connectivity index (χ0v) is 8.83. The summed E-state index contributed by atoms with van der Waals surface area (Å²) in [5.41, 5.74) is 7.58. The van der Waals surface area contributed by atoms with Gasteiger partial charge in [-0.2, -0.15) is 0 Å². The van der Waals surface area contributed by atoms with E-state index in [0.717, 1.165) is 11.4 Å². The van der Waals surface area contributed by atoms with Gasteiger partial charge in [-0.15, -0.1) is 5.10 Å². The molecule has 0 aliphatic carbocycles. The Labute approximate surface area is 87.7 Å². The summed E-state index contributed by atoms with van der Waals surface area (Å²) in [7, 11) is 1.95. The lowest BCUT2D eigenvalue weighted by molar-refractivity contribution is 0.620. The molecule has 2 heterocycles. The van der Waals surface area contributed by atoms with Crippen LogP contribution in [-0.4, -0.2) is 24.5 Å². The number of hydrogen-bond donors (Lipinski definition) is 1. The van der Waals surface area contributed by atoms with Gasteiger partial charge in [-0.05, 0) is 6.92 Å². The van der Waals surface area contributed by atoms with Crippen molar-refractivity contribution in [1.29, 1.82) is 0 Å². The number of nitrogens with zero attached hydrogens (tertiary/aromatic N) is 5. The second-order valence-electron chi connectivity index (χ2n) is 3.63. The third kappa shape index (κ3) is 2.04. The van der Waals surface area contributed by atoms with Gasteiger partial charge in [0.1, 0.15) is 0 Å². The molecule has 6 heteroatoms. The first-order chi connectivity index (χ1) is 7.16. The first kappa shape index (κ1) is 9.85. The average molecular weight is 206 g/mol. The molecule has 0 spiro atoms. The molecule has 2 aromatic rings. The van der Waals surface area contributed by atoms with Crippen LogP contribution in [0, 0.1) is 0 Å². The van der Waals surface area contributed by atoms with Crippen molar-refractivity contribution in [2.75, 3.05) is 0 Å². The van der Waals surface area contributed by atoms with Crippen molar-refractivity contribution in [3.63, 3.8) is 0 Å². The predicted octanol–water partition coefficient (Wildman–Crippen LogP) is 0.0796. The Morgan fingerprint density at radius 2 is 2.33 bits per heavy atom. The highest BCUT2D eigenvalue weighted by Gasteiger charge is 2.06. The predicted molar refractivity (Wildman–Crippen MR) is 54.9 cm³/mol. The minimum absolute atomic E-state index is 0.0784. The van der Waals surface area contributed by atoms with Crippen molar-refractivity contribution in [3.8, 4) is 0 Å². The fourth-order valence-electron chi connectivity index (χ4n) is 1.30. The molecule has 0 fully saturated rings. The Balaban J connectivity index is 2.15. The molecule has 80 valence electrons. The maximum absolute atomic E-state index is 5.70. The van der Waals surface area contributed by atoms with Crippen molar-refractivity contribution < 1.29 is 0 Å². The summed E-state index contributed by atoms with van der Waals surface area (Å²) in [5.74, 6) is 0. The van der Waals surface area contributed by atoms with E-state index in [1.165, 1.54) is 0 Å². The first-order valence-corrected chi connectivity index (χ1v) is 4.77. The Kier molecular flexibility index (Phi) is 2.51. The molecule has 15 heavy (non-hydrogen) atoms. The minimum atomic E-state index is -0.0784. The fraction of sp³-hybridized carbons (Fsp3) is 0.444. The zero-order chi connectivity index (χ0) is 10.8. The summed E-state index contributed by atoms with van der Waals surface area (Å²) in [6.45, 7) is 2.55. The highest BCUT2D eigenvalue weighted by atomic mass is 15.4. The summed E-state index contributed by atoms with van der Waals surface area (Å²) in [6.07, 6.45) is 5.43. The second kappa shape index (κ2) is 3.82. The van der Waals surface area contributed by atoms with Gasteiger partial charge < -0.3 is 10.3 Å². The van der Waals surface area contributed by atoms with Crippen LogP contribution >= 0.6 is 0 Å². The SMILES string of the molecule is CC(N)c1cn(Cc2cncn2C)nn1. The van der Waals surface area contributed by atoms with Crippen LogP contribution in [0.15, 0.2) is 18.7 Å². The van der Waals surface area contributed by atoms with E-state index in [4.69, 9.17) is 5.73 Å². The summed E-state index contributed by atoms with van der Waals surface area (Å²) in [6, 6.07) is -0.0784. The maximum Gasteiger partial charge on any atom is 0.0991 e. The Morgan fingerprint density at radius 3 is 2.87 bits per heavy atom. The van der Waals surface area contributed by atoms with Crippen LogP contribution in [0.3, 0.4) is 0 Å². The first-order valence-electron chi connectivity index (χ1n) is 4.77. The van der Waals surface area contributed by atoms with Gasteiger partial charge >= 0.3 is 0 Å². The molecule has 1 unspecified atom stereocenters. The standard InChI is InChI=1S/C9H14N6/c1-7(10)9-5-15(13-12-9)4-8-3-11-6-14(8)2/h3,5-7H,4,10H2,1-2H3. The van der Waals surface area contributed by atoms with Gasteiger partial charge in [0.05, 0.1) is 36.7 Å². The molecule has 0 aliphatic rings. The van der Waals surface area contributed by atoms with Crippen LogP contribution in [0.1, 0.15) is 24.4 Å². The molecule has 0 aliphatic heterocycles. The number of nitrogens with two attached hydrogens (primary N) is 1. The maximum atomic E-state index is 5.70. The molecular weight excluding hydrogens is 192 g/mol. The molecule has 2 N–H and O–H groups in total. The van der Waals surface area contributed by atoms with Crippen LogP contribution in [-0.2, 0) is 13.6 Å². The quantitative estimate of drug-likeness (QED) is 0.771. The molecule has 1 atom stereocenters. The number of imidazole rings is 1. The van der Waals surface area contributed by atoms with E-state index < -0.39 is 0 Å². The van der Waals surface area contributed by atoms with Crippen molar-refractivity contribution in [2.45, 2.75) is 19.5 Å². The fourth-order valence-corrected chi connectivity index (χ4v) is 1.30. The number of rotatable bonds is 3. The van der Waals surface area contributed by atoms with Crippen molar-refractivity contribution in [2.24, 2.45) is 12.8 Å². The van der Waals surface area contributed by atoms with Crippen LogP contribution in [0.2, 0.25) is 0 Å². The van der Waals surface area contributed by atoms with Crippen molar-refractivity contribution in [3.05, 3.63) is 30.1 Å². The van der Waals surface area contributed by atoms with E-state index >= 15 is 0 Å². The molecule has 0 aromatic carbocycles. The third-order valence-electron chi connectivity index (χ3n) is 2.26. The average Bonchev–Trinajstić information content (AvgIpc) is 2.77. The van der Waals surface area contributed by atoms with Gasteiger partial charge in [0.15, 0.2) is 0 Å². The van der Waals surface area contributed by atoms with Gasteiger partial charge in [-0.25, -0.2) is 9.67 Å². The summed E-state index contributed by atoms with van der Waals surface area (Å²) in [5, 5.41) is 7.98. The highest BCUT2D eigenvalue weighted by Crippen LogP contribution is 2.05. The molecular formula is C9H14N6. The molecule has 0 bridgehead atoms. The molecule has 2 aromatic heterocycles. The number of aryl methyl sites for hydroxylation is 1. The molecule has 6 nitrogen and oxygen atoms in total. The summed E-state index contributed by atoms with van der Waals surface area (Å²) >= 11 is 0. The van der Waals surface area contributed by atoms with E-state index in [2.05, 4.69) is 15.3 Å². The van der Waals surface area contributed by atoms with Crippen LogP contribution in [0.4, 0.5) is 0 Å². The lowest BCUT2D eigenvalue weighted by atomic mass is 10.3. The van der Waals surface area contributed by atoms with Crippen molar-refractivity contribution in [1.82, 2.24) is 24.5 Å². The normalized spacial score (nSPS) is 13.0. The zero-order valence-electron chi connectivity index (χ0n) is 8.83.